The number of hydrogen-bond donors (Lipinski definition) is 0. The van der Waals surface area contributed by atoms with E-state index < -0.39 is 17.1 Å². The molecule has 1 fully saturated rings. The van der Waals surface area contributed by atoms with Gasteiger partial charge in [0, 0.05) is 49.3 Å². The number of hydrogen-bond acceptors (Lipinski definition) is 5. The molecule has 3 aromatic rings. The molecule has 4 rings (SSSR count). The molecule has 7 nitrogen and oxygen atoms in total. The van der Waals surface area contributed by atoms with Crippen molar-refractivity contribution in [3.63, 3.8) is 0 Å². The highest BCUT2D eigenvalue weighted by molar-refractivity contribution is 7.99. The smallest absolute Gasteiger partial charge is 0.332 e. The highest BCUT2D eigenvalue weighted by Crippen LogP contribution is 2.27. The lowest BCUT2D eigenvalue weighted by molar-refractivity contribution is 0.599. The Hall–Kier alpha value is -2.26. The molecule has 10 heteroatoms. The maximum absolute atomic E-state index is 14.5. The van der Waals surface area contributed by atoms with E-state index in [2.05, 4.69) is 9.88 Å². The molecule has 3 heterocycles. The molecule has 0 spiro atoms. The van der Waals surface area contributed by atoms with E-state index >= 15 is 0 Å². The Kier molecular flexibility index (Phi) is 4.96. The average Bonchev–Trinajstić information content (AvgIpc) is 3.08. The molecule has 0 aliphatic carbocycles. The lowest BCUT2D eigenvalue weighted by atomic mass is 10.2. The molecule has 1 aromatic carbocycles. The summed E-state index contributed by atoms with van der Waals surface area (Å²) in [6.45, 7) is 1.56. The van der Waals surface area contributed by atoms with Crippen LogP contribution in [0.2, 0.25) is 5.02 Å². The molecular weight excluding hydrogens is 405 g/mol. The Morgan fingerprint density at radius 1 is 1.18 bits per heavy atom. The molecule has 1 aliphatic heterocycles. The van der Waals surface area contributed by atoms with Gasteiger partial charge < -0.3 is 4.90 Å². The second-order valence-electron chi connectivity index (χ2n) is 6.68. The largest absolute Gasteiger partial charge is 0.341 e. The number of aryl methyl sites for hydroxylation is 1. The quantitative estimate of drug-likeness (QED) is 0.643. The molecule has 28 heavy (non-hydrogen) atoms. The van der Waals surface area contributed by atoms with E-state index in [1.54, 1.807) is 23.7 Å². The first-order valence-electron chi connectivity index (χ1n) is 8.82. The molecule has 0 radical (unpaired) electrons. The van der Waals surface area contributed by atoms with Gasteiger partial charge in [-0.2, -0.15) is 16.7 Å². The second kappa shape index (κ2) is 7.29. The Morgan fingerprint density at radius 3 is 2.57 bits per heavy atom. The number of halogens is 2. The third-order valence-corrected chi connectivity index (χ3v) is 6.30. The summed E-state index contributed by atoms with van der Waals surface area (Å²) in [5.41, 5.74) is -0.0829. The summed E-state index contributed by atoms with van der Waals surface area (Å²) in [7, 11) is 3.00. The third-order valence-electron chi connectivity index (χ3n) is 5.00. The third kappa shape index (κ3) is 3.02. The average molecular weight is 424 g/mol. The van der Waals surface area contributed by atoms with Crippen molar-refractivity contribution in [1.29, 1.82) is 0 Å². The highest BCUT2D eigenvalue weighted by atomic mass is 35.5. The number of thioether (sulfide) groups is 1. The van der Waals surface area contributed by atoms with Crippen LogP contribution < -0.4 is 16.1 Å². The molecule has 0 unspecified atom stereocenters. The minimum Gasteiger partial charge on any atom is -0.341 e. The lowest BCUT2D eigenvalue weighted by Crippen LogP contribution is -2.38. The van der Waals surface area contributed by atoms with Crippen molar-refractivity contribution in [1.82, 2.24) is 18.7 Å². The van der Waals surface area contributed by atoms with E-state index in [1.165, 1.54) is 17.7 Å². The standard InChI is InChI=1S/C18H19ClFN5O2S/c1-22-15-14(16(26)23(2)18(22)27)25(10-11-12(19)4-3-5-13(11)20)17(21-15)24-6-8-28-9-7-24/h3-5H,6-10H2,1-2H3. The predicted octanol–water partition coefficient (Wildman–Crippen LogP) is 1.83. The Labute approximate surface area is 169 Å². The maximum atomic E-state index is 14.5. The summed E-state index contributed by atoms with van der Waals surface area (Å²) in [5, 5.41) is 0.281. The second-order valence-corrected chi connectivity index (χ2v) is 8.31. The summed E-state index contributed by atoms with van der Waals surface area (Å²) in [4.78, 5) is 31.9. The molecule has 1 saturated heterocycles. The van der Waals surface area contributed by atoms with Gasteiger partial charge in [-0.3, -0.25) is 18.5 Å². The first-order chi connectivity index (χ1) is 13.4. The van der Waals surface area contributed by atoms with Crippen LogP contribution in [0.1, 0.15) is 5.56 Å². The Balaban J connectivity index is 2.01. The number of anilines is 1. The molecule has 0 amide bonds. The van der Waals surface area contributed by atoms with Crippen molar-refractivity contribution in [2.45, 2.75) is 6.54 Å². The zero-order valence-corrected chi connectivity index (χ0v) is 17.1. The van der Waals surface area contributed by atoms with Crippen molar-refractivity contribution in [3.05, 3.63) is 55.4 Å². The molecule has 1 aliphatic rings. The monoisotopic (exact) mass is 423 g/mol. The summed E-state index contributed by atoms with van der Waals surface area (Å²) in [6, 6.07) is 4.49. The van der Waals surface area contributed by atoms with E-state index in [4.69, 9.17) is 11.6 Å². The van der Waals surface area contributed by atoms with Crippen molar-refractivity contribution in [2.24, 2.45) is 14.1 Å². The van der Waals surface area contributed by atoms with Gasteiger partial charge in [0.1, 0.15) is 5.82 Å². The van der Waals surface area contributed by atoms with Crippen LogP contribution in [0, 0.1) is 5.82 Å². The van der Waals surface area contributed by atoms with Gasteiger partial charge in [-0.1, -0.05) is 17.7 Å². The van der Waals surface area contributed by atoms with Crippen molar-refractivity contribution in [2.75, 3.05) is 29.5 Å². The summed E-state index contributed by atoms with van der Waals surface area (Å²) >= 11 is 8.08. The van der Waals surface area contributed by atoms with Crippen LogP contribution >= 0.6 is 23.4 Å². The van der Waals surface area contributed by atoms with Crippen LogP contribution in [-0.4, -0.2) is 43.3 Å². The minimum absolute atomic E-state index is 0.0500. The van der Waals surface area contributed by atoms with Gasteiger partial charge in [-0.25, -0.2) is 9.18 Å². The SMILES string of the molecule is Cn1c(=O)c2c(nc(N3CCSCC3)n2Cc2c(F)cccc2Cl)n(C)c1=O. The molecule has 0 bridgehead atoms. The number of imidazole rings is 1. The van der Waals surface area contributed by atoms with Gasteiger partial charge in [-0.05, 0) is 12.1 Å². The van der Waals surface area contributed by atoms with Crippen LogP contribution in [-0.2, 0) is 20.6 Å². The van der Waals surface area contributed by atoms with Crippen LogP contribution in [0.25, 0.3) is 11.2 Å². The lowest BCUT2D eigenvalue weighted by Gasteiger charge is -2.28. The fraction of sp³-hybridized carbons (Fsp3) is 0.389. The summed E-state index contributed by atoms with van der Waals surface area (Å²) < 4.78 is 18.5. The Bertz CT molecular complexity index is 1160. The van der Waals surface area contributed by atoms with E-state index in [-0.39, 0.29) is 28.3 Å². The Morgan fingerprint density at radius 2 is 1.89 bits per heavy atom. The topological polar surface area (TPSA) is 65.1 Å². The molecule has 0 atom stereocenters. The van der Waals surface area contributed by atoms with Gasteiger partial charge in [-0.15, -0.1) is 0 Å². The summed E-state index contributed by atoms with van der Waals surface area (Å²) in [5.74, 6) is 1.96. The van der Waals surface area contributed by atoms with E-state index in [0.717, 1.165) is 29.2 Å². The van der Waals surface area contributed by atoms with E-state index in [9.17, 15) is 14.0 Å². The molecule has 0 saturated carbocycles. The molecular formula is C18H19ClFN5O2S. The van der Waals surface area contributed by atoms with Crippen LogP contribution in [0.15, 0.2) is 27.8 Å². The zero-order chi connectivity index (χ0) is 20.0. The van der Waals surface area contributed by atoms with Crippen LogP contribution in [0.5, 0.6) is 0 Å². The number of benzene rings is 1. The van der Waals surface area contributed by atoms with Crippen LogP contribution in [0.3, 0.4) is 0 Å². The summed E-state index contributed by atoms with van der Waals surface area (Å²) in [6.07, 6.45) is 0. The van der Waals surface area contributed by atoms with Gasteiger partial charge in [0.2, 0.25) is 5.95 Å². The van der Waals surface area contributed by atoms with Gasteiger partial charge in [0.25, 0.3) is 5.56 Å². The van der Waals surface area contributed by atoms with Crippen LogP contribution in [0.4, 0.5) is 10.3 Å². The number of fused-ring (bicyclic) bond motifs is 1. The predicted molar refractivity (Wildman–Crippen MR) is 110 cm³/mol. The minimum atomic E-state index is -0.462. The van der Waals surface area contributed by atoms with E-state index in [1.807, 2.05) is 11.8 Å². The van der Waals surface area contributed by atoms with Crippen molar-refractivity contribution >= 4 is 40.5 Å². The molecule has 2 aromatic heterocycles. The number of nitrogens with zero attached hydrogens (tertiary/aromatic N) is 5. The fourth-order valence-electron chi connectivity index (χ4n) is 3.43. The van der Waals surface area contributed by atoms with E-state index in [0.29, 0.717) is 5.95 Å². The van der Waals surface area contributed by atoms with Crippen molar-refractivity contribution in [3.8, 4) is 0 Å². The highest BCUT2D eigenvalue weighted by Gasteiger charge is 2.25. The normalized spacial score (nSPS) is 14.8. The van der Waals surface area contributed by atoms with Gasteiger partial charge in [0.15, 0.2) is 11.2 Å². The zero-order valence-electron chi connectivity index (χ0n) is 15.5. The fourth-order valence-corrected chi connectivity index (χ4v) is 4.56. The molecule has 0 N–H and O–H groups in total. The van der Waals surface area contributed by atoms with Gasteiger partial charge in [0.05, 0.1) is 6.54 Å². The first kappa shape index (κ1) is 19.1. The van der Waals surface area contributed by atoms with Gasteiger partial charge >= 0.3 is 5.69 Å². The van der Waals surface area contributed by atoms with Crippen molar-refractivity contribution < 1.29 is 4.39 Å². The number of rotatable bonds is 3. The maximum Gasteiger partial charge on any atom is 0.332 e. The molecule has 148 valence electrons. The first-order valence-corrected chi connectivity index (χ1v) is 10.3. The number of aromatic nitrogens is 4.